The van der Waals surface area contributed by atoms with Gasteiger partial charge in [-0.3, -0.25) is 4.79 Å². The van der Waals surface area contributed by atoms with Gasteiger partial charge in [0.25, 0.3) is 5.91 Å². The average molecular weight is 401 g/mol. The number of carbonyl (C=O) groups excluding carboxylic acids is 2. The van der Waals surface area contributed by atoms with E-state index in [1.807, 2.05) is 0 Å². The first kappa shape index (κ1) is 19.8. The third-order valence-corrected chi connectivity index (χ3v) is 5.10. The van der Waals surface area contributed by atoms with Crippen molar-refractivity contribution in [1.29, 1.82) is 0 Å². The molecular formula is C16H14ClFN2O5S. The Morgan fingerprint density at radius 3 is 2.54 bits per heavy atom. The number of carbonyl (C=O) groups is 2. The van der Waals surface area contributed by atoms with E-state index in [2.05, 4.69) is 10.0 Å². The molecule has 0 heterocycles. The number of ether oxygens (including phenoxy) is 1. The van der Waals surface area contributed by atoms with E-state index < -0.39 is 34.3 Å². The van der Waals surface area contributed by atoms with Crippen LogP contribution in [0.5, 0.6) is 0 Å². The lowest BCUT2D eigenvalue weighted by Gasteiger charge is -2.09. The van der Waals surface area contributed by atoms with Crippen LogP contribution in [0.4, 0.5) is 10.1 Å². The second-order valence-corrected chi connectivity index (χ2v) is 7.22. The molecule has 0 unspecified atom stereocenters. The number of para-hydroxylation sites is 1. The topological polar surface area (TPSA) is 102 Å². The Kier molecular flexibility index (Phi) is 6.30. The third kappa shape index (κ3) is 4.78. The number of hydrogen-bond acceptors (Lipinski definition) is 5. The summed E-state index contributed by atoms with van der Waals surface area (Å²) in [7, 11) is -2.67. The summed E-state index contributed by atoms with van der Waals surface area (Å²) in [5.74, 6) is -2.31. The van der Waals surface area contributed by atoms with Crippen molar-refractivity contribution in [2.45, 2.75) is 4.90 Å². The highest BCUT2D eigenvalue weighted by Gasteiger charge is 2.19. The van der Waals surface area contributed by atoms with E-state index in [1.54, 1.807) is 0 Å². The minimum absolute atomic E-state index is 0.0533. The number of esters is 1. The van der Waals surface area contributed by atoms with E-state index in [4.69, 9.17) is 16.3 Å². The lowest BCUT2D eigenvalue weighted by atomic mass is 10.2. The van der Waals surface area contributed by atoms with Crippen molar-refractivity contribution in [3.05, 3.63) is 58.9 Å². The van der Waals surface area contributed by atoms with Gasteiger partial charge in [-0.1, -0.05) is 23.7 Å². The van der Waals surface area contributed by atoms with Crippen molar-refractivity contribution >= 4 is 39.2 Å². The lowest BCUT2D eigenvalue weighted by molar-refractivity contribution is -0.119. The molecule has 0 spiro atoms. The molecule has 1 amide bonds. The monoisotopic (exact) mass is 400 g/mol. The first-order valence-corrected chi connectivity index (χ1v) is 9.05. The highest BCUT2D eigenvalue weighted by Crippen LogP contribution is 2.22. The molecular weight excluding hydrogens is 387 g/mol. The molecule has 0 atom stereocenters. The maximum atomic E-state index is 13.4. The van der Waals surface area contributed by atoms with Gasteiger partial charge in [0.2, 0.25) is 10.0 Å². The average Bonchev–Trinajstić information content (AvgIpc) is 2.62. The number of benzene rings is 2. The maximum absolute atomic E-state index is 13.4. The van der Waals surface area contributed by atoms with Crippen LogP contribution in [-0.4, -0.2) is 33.9 Å². The SMILES string of the molecule is CNS(=O)(=O)c1cc(C(=O)OCC(=O)Nc2ccccc2F)ccc1Cl. The van der Waals surface area contributed by atoms with Crippen molar-refractivity contribution in [3.8, 4) is 0 Å². The summed E-state index contributed by atoms with van der Waals surface area (Å²) in [6.45, 7) is -0.677. The van der Waals surface area contributed by atoms with Gasteiger partial charge in [0, 0.05) is 0 Å². The molecule has 10 heteroatoms. The number of sulfonamides is 1. The summed E-state index contributed by atoms with van der Waals surface area (Å²) in [6, 6.07) is 9.02. The zero-order valence-electron chi connectivity index (χ0n) is 13.5. The molecule has 0 saturated heterocycles. The first-order chi connectivity index (χ1) is 12.2. The zero-order valence-corrected chi connectivity index (χ0v) is 15.0. The van der Waals surface area contributed by atoms with Gasteiger partial charge in [-0.05, 0) is 37.4 Å². The molecule has 0 aromatic heterocycles. The molecule has 26 heavy (non-hydrogen) atoms. The minimum atomic E-state index is -3.87. The second kappa shape index (κ2) is 8.26. The highest BCUT2D eigenvalue weighted by molar-refractivity contribution is 7.89. The molecule has 2 rings (SSSR count). The Labute approximate surface area is 154 Å². The van der Waals surface area contributed by atoms with E-state index in [9.17, 15) is 22.4 Å². The standard InChI is InChI=1S/C16H14ClFN2O5S/c1-19-26(23,24)14-8-10(6-7-11(14)17)16(22)25-9-15(21)20-13-5-3-2-4-12(13)18/h2-8,19H,9H2,1H3,(H,20,21). The fraction of sp³-hybridized carbons (Fsp3) is 0.125. The van der Waals surface area contributed by atoms with Crippen molar-refractivity contribution in [3.63, 3.8) is 0 Å². The van der Waals surface area contributed by atoms with Crippen LogP contribution < -0.4 is 10.0 Å². The van der Waals surface area contributed by atoms with Crippen LogP contribution in [0.2, 0.25) is 5.02 Å². The van der Waals surface area contributed by atoms with Crippen molar-refractivity contribution in [1.82, 2.24) is 4.72 Å². The van der Waals surface area contributed by atoms with E-state index in [0.717, 1.165) is 6.07 Å². The Balaban J connectivity index is 2.05. The van der Waals surface area contributed by atoms with Gasteiger partial charge >= 0.3 is 5.97 Å². The molecule has 0 aliphatic heterocycles. The quantitative estimate of drug-likeness (QED) is 0.724. The van der Waals surface area contributed by atoms with Crippen molar-refractivity contribution in [2.75, 3.05) is 19.0 Å². The Bertz CT molecular complexity index is 949. The van der Waals surface area contributed by atoms with Crippen LogP contribution in [0.15, 0.2) is 47.4 Å². The third-order valence-electron chi connectivity index (χ3n) is 3.21. The zero-order chi connectivity index (χ0) is 19.3. The van der Waals surface area contributed by atoms with Gasteiger partial charge in [-0.25, -0.2) is 22.3 Å². The Morgan fingerprint density at radius 2 is 1.88 bits per heavy atom. The molecule has 138 valence electrons. The fourth-order valence-corrected chi connectivity index (χ4v) is 3.16. The number of amides is 1. The second-order valence-electron chi connectivity index (χ2n) is 4.96. The molecule has 0 bridgehead atoms. The van der Waals surface area contributed by atoms with E-state index in [-0.39, 0.29) is 21.2 Å². The lowest BCUT2D eigenvalue weighted by Crippen LogP contribution is -2.22. The van der Waals surface area contributed by atoms with Crippen LogP contribution in [0.25, 0.3) is 0 Å². The summed E-state index contributed by atoms with van der Waals surface area (Å²) in [5, 5.41) is 2.18. The van der Waals surface area contributed by atoms with Gasteiger partial charge in [0.05, 0.1) is 16.3 Å². The molecule has 0 aliphatic carbocycles. The molecule has 7 nitrogen and oxygen atoms in total. The molecule has 0 radical (unpaired) electrons. The number of halogens is 2. The summed E-state index contributed by atoms with van der Waals surface area (Å²) >= 11 is 5.83. The molecule has 2 aromatic rings. The van der Waals surface area contributed by atoms with Gasteiger partial charge in [0.15, 0.2) is 6.61 Å². The first-order valence-electron chi connectivity index (χ1n) is 7.19. The highest BCUT2D eigenvalue weighted by atomic mass is 35.5. The number of anilines is 1. The summed E-state index contributed by atoms with van der Waals surface area (Å²) in [5.41, 5.74) is -0.163. The van der Waals surface area contributed by atoms with E-state index in [1.165, 1.54) is 43.4 Å². The van der Waals surface area contributed by atoms with Gasteiger partial charge < -0.3 is 10.1 Å². The Morgan fingerprint density at radius 1 is 1.19 bits per heavy atom. The van der Waals surface area contributed by atoms with Crippen molar-refractivity contribution < 1.29 is 27.1 Å². The number of nitrogens with one attached hydrogen (secondary N) is 2. The maximum Gasteiger partial charge on any atom is 0.338 e. The van der Waals surface area contributed by atoms with Crippen LogP contribution in [0.1, 0.15) is 10.4 Å². The Hall–Kier alpha value is -2.49. The van der Waals surface area contributed by atoms with Crippen LogP contribution >= 0.6 is 11.6 Å². The van der Waals surface area contributed by atoms with Gasteiger partial charge in [-0.15, -0.1) is 0 Å². The molecule has 0 saturated carbocycles. The fourth-order valence-electron chi connectivity index (χ4n) is 1.91. The summed E-state index contributed by atoms with van der Waals surface area (Å²) < 4.78 is 44.0. The van der Waals surface area contributed by atoms with Crippen LogP contribution in [0.3, 0.4) is 0 Å². The van der Waals surface area contributed by atoms with E-state index in [0.29, 0.717) is 0 Å². The van der Waals surface area contributed by atoms with Crippen molar-refractivity contribution in [2.24, 2.45) is 0 Å². The number of rotatable bonds is 6. The molecule has 0 aliphatic rings. The van der Waals surface area contributed by atoms with Gasteiger partial charge in [0.1, 0.15) is 10.7 Å². The van der Waals surface area contributed by atoms with Crippen LogP contribution in [-0.2, 0) is 19.6 Å². The molecule has 2 aromatic carbocycles. The predicted octanol–water partition coefficient (Wildman–Crippen LogP) is 2.18. The largest absolute Gasteiger partial charge is 0.452 e. The smallest absolute Gasteiger partial charge is 0.338 e. The minimum Gasteiger partial charge on any atom is -0.452 e. The molecule has 0 fully saturated rings. The van der Waals surface area contributed by atoms with E-state index >= 15 is 0 Å². The van der Waals surface area contributed by atoms with Gasteiger partial charge in [-0.2, -0.15) is 0 Å². The molecule has 2 N–H and O–H groups in total. The normalized spacial score (nSPS) is 11.0. The predicted molar refractivity (Wildman–Crippen MR) is 93.0 cm³/mol. The summed E-state index contributed by atoms with van der Waals surface area (Å²) in [4.78, 5) is 23.5. The summed E-state index contributed by atoms with van der Waals surface area (Å²) in [6.07, 6.45) is 0. The number of hydrogen-bond donors (Lipinski definition) is 2. The van der Waals surface area contributed by atoms with Crippen LogP contribution in [0, 0.1) is 5.82 Å².